The van der Waals surface area contributed by atoms with Gasteiger partial charge in [0.25, 0.3) is 0 Å². The van der Waals surface area contributed by atoms with Crippen LogP contribution in [0.15, 0.2) is 70.9 Å². The maximum absolute atomic E-state index is 4.14. The molecule has 1 unspecified atom stereocenters. The van der Waals surface area contributed by atoms with E-state index in [-0.39, 0.29) is 0 Å². The van der Waals surface area contributed by atoms with E-state index in [4.69, 9.17) is 0 Å². The lowest BCUT2D eigenvalue weighted by Crippen LogP contribution is -2.12. The second-order valence-electron chi connectivity index (χ2n) is 7.20. The van der Waals surface area contributed by atoms with Gasteiger partial charge in [-0.2, -0.15) is 0 Å². The van der Waals surface area contributed by atoms with Crippen LogP contribution in [0.25, 0.3) is 0 Å². The van der Waals surface area contributed by atoms with Gasteiger partial charge in [0.1, 0.15) is 0 Å². The minimum absolute atomic E-state index is 0.685. The molecule has 2 rings (SSSR count). The fourth-order valence-corrected chi connectivity index (χ4v) is 3.97. The molecule has 0 heteroatoms. The monoisotopic (exact) mass is 308 g/mol. The highest BCUT2D eigenvalue weighted by Gasteiger charge is 2.21. The average Bonchev–Trinajstić information content (AvgIpc) is 2.52. The molecule has 0 nitrogen and oxygen atoms in total. The van der Waals surface area contributed by atoms with Gasteiger partial charge in [0.15, 0.2) is 0 Å². The zero-order chi connectivity index (χ0) is 16.8. The van der Waals surface area contributed by atoms with Gasteiger partial charge < -0.3 is 0 Å². The third kappa shape index (κ3) is 4.96. The predicted octanol–water partition coefficient (Wildman–Crippen LogP) is 7.24. The highest BCUT2D eigenvalue weighted by atomic mass is 14.3. The molecule has 0 aromatic heterocycles. The molecule has 0 radical (unpaired) electrons. The molecule has 0 aliphatic heterocycles. The number of hydrogen-bond donors (Lipinski definition) is 0. The lowest BCUT2D eigenvalue weighted by atomic mass is 9.77. The van der Waals surface area contributed by atoms with Crippen LogP contribution >= 0.6 is 0 Å². The molecule has 1 atom stereocenters. The van der Waals surface area contributed by atoms with Gasteiger partial charge in [-0.05, 0) is 70.3 Å². The smallest absolute Gasteiger partial charge is 0.0123 e. The Kier molecular flexibility index (Phi) is 6.45. The minimum Gasteiger partial charge on any atom is -0.100 e. The third-order valence-electron chi connectivity index (χ3n) is 5.20. The van der Waals surface area contributed by atoms with Crippen LogP contribution in [-0.2, 0) is 0 Å². The molecular weight excluding hydrogens is 276 g/mol. The highest BCUT2D eigenvalue weighted by Crippen LogP contribution is 2.37. The average molecular weight is 309 g/mol. The summed E-state index contributed by atoms with van der Waals surface area (Å²) in [7, 11) is 0. The summed E-state index contributed by atoms with van der Waals surface area (Å²) in [6.07, 6.45) is 17.3. The topological polar surface area (TPSA) is 0 Å². The van der Waals surface area contributed by atoms with Gasteiger partial charge in [-0.15, -0.1) is 6.58 Å². The molecule has 0 spiro atoms. The number of allylic oxidation sites excluding steroid dienone is 10. The van der Waals surface area contributed by atoms with Gasteiger partial charge in [-0.3, -0.25) is 0 Å². The third-order valence-corrected chi connectivity index (χ3v) is 5.20. The summed E-state index contributed by atoms with van der Waals surface area (Å²) in [5.41, 5.74) is 9.06. The Hall–Kier alpha value is -1.56. The van der Waals surface area contributed by atoms with E-state index in [0.717, 1.165) is 12.8 Å². The van der Waals surface area contributed by atoms with Crippen LogP contribution in [0.1, 0.15) is 65.7 Å². The molecule has 0 aromatic rings. The highest BCUT2D eigenvalue weighted by molar-refractivity contribution is 5.36. The zero-order valence-electron chi connectivity index (χ0n) is 15.3. The lowest BCUT2D eigenvalue weighted by Gasteiger charge is -2.28. The molecule has 2 aliphatic carbocycles. The first-order chi connectivity index (χ1) is 11.0. The van der Waals surface area contributed by atoms with Gasteiger partial charge in [0.2, 0.25) is 0 Å². The Morgan fingerprint density at radius 2 is 1.96 bits per heavy atom. The van der Waals surface area contributed by atoms with Crippen molar-refractivity contribution in [3.63, 3.8) is 0 Å². The van der Waals surface area contributed by atoms with Crippen LogP contribution in [0.4, 0.5) is 0 Å². The normalized spacial score (nSPS) is 21.5. The summed E-state index contributed by atoms with van der Waals surface area (Å²) in [5, 5.41) is 0. The quantitative estimate of drug-likeness (QED) is 0.435. The van der Waals surface area contributed by atoms with Crippen LogP contribution in [0, 0.1) is 5.92 Å². The SMILES string of the molecule is C=CC1=CC=C(CCC2=CC(C)=C(CC)C(CC(=C)C)C2)CC1. The van der Waals surface area contributed by atoms with E-state index < -0.39 is 0 Å². The van der Waals surface area contributed by atoms with Gasteiger partial charge in [-0.1, -0.05) is 65.7 Å². The molecule has 0 aromatic carbocycles. The molecule has 0 amide bonds. The van der Waals surface area contributed by atoms with Crippen LogP contribution in [0.5, 0.6) is 0 Å². The number of rotatable bonds is 7. The minimum atomic E-state index is 0.685. The molecule has 23 heavy (non-hydrogen) atoms. The lowest BCUT2D eigenvalue weighted by molar-refractivity contribution is 0.555. The molecule has 0 fully saturated rings. The predicted molar refractivity (Wildman–Crippen MR) is 103 cm³/mol. The molecule has 0 saturated heterocycles. The second kappa shape index (κ2) is 8.34. The van der Waals surface area contributed by atoms with E-state index in [9.17, 15) is 0 Å². The number of hydrogen-bond acceptors (Lipinski definition) is 0. The van der Waals surface area contributed by atoms with Crippen molar-refractivity contribution in [2.75, 3.05) is 0 Å². The van der Waals surface area contributed by atoms with E-state index >= 15 is 0 Å². The van der Waals surface area contributed by atoms with E-state index in [0.29, 0.717) is 5.92 Å². The van der Waals surface area contributed by atoms with Crippen molar-refractivity contribution in [1.29, 1.82) is 0 Å². The van der Waals surface area contributed by atoms with Crippen molar-refractivity contribution in [2.24, 2.45) is 5.92 Å². The fourth-order valence-electron chi connectivity index (χ4n) is 3.97. The van der Waals surface area contributed by atoms with E-state index in [1.807, 2.05) is 6.08 Å². The summed E-state index contributed by atoms with van der Waals surface area (Å²) in [4.78, 5) is 0. The molecule has 124 valence electrons. The summed E-state index contributed by atoms with van der Waals surface area (Å²) >= 11 is 0. The van der Waals surface area contributed by atoms with Crippen molar-refractivity contribution in [1.82, 2.24) is 0 Å². The zero-order valence-corrected chi connectivity index (χ0v) is 15.3. The summed E-state index contributed by atoms with van der Waals surface area (Å²) < 4.78 is 0. The summed E-state index contributed by atoms with van der Waals surface area (Å²) in [5.74, 6) is 0.685. The standard InChI is InChI=1S/C23H32/c1-6-19-8-10-20(11-9-19)12-13-21-15-18(5)23(7-2)22(16-21)14-17(3)4/h6,8,10,15,22H,1,3,7,9,11-14,16H2,2,4-5H3. The van der Waals surface area contributed by atoms with Crippen molar-refractivity contribution in [3.05, 3.63) is 70.9 Å². The Bertz CT molecular complexity index is 590. The second-order valence-corrected chi connectivity index (χ2v) is 7.20. The molecular formula is C23H32. The first-order valence-electron chi connectivity index (χ1n) is 9.08. The Morgan fingerprint density at radius 3 is 2.52 bits per heavy atom. The van der Waals surface area contributed by atoms with E-state index in [1.54, 1.807) is 16.7 Å². The Labute approximate surface area is 143 Å². The van der Waals surface area contributed by atoms with Gasteiger partial charge >= 0.3 is 0 Å². The molecule has 2 aliphatic rings. The fraction of sp³-hybridized carbons (Fsp3) is 0.478. The van der Waals surface area contributed by atoms with Gasteiger partial charge in [-0.25, -0.2) is 0 Å². The van der Waals surface area contributed by atoms with Crippen molar-refractivity contribution in [3.8, 4) is 0 Å². The van der Waals surface area contributed by atoms with Crippen LogP contribution in [0.2, 0.25) is 0 Å². The maximum Gasteiger partial charge on any atom is -0.0123 e. The first-order valence-corrected chi connectivity index (χ1v) is 9.08. The van der Waals surface area contributed by atoms with E-state index in [1.165, 1.54) is 48.8 Å². The van der Waals surface area contributed by atoms with E-state index in [2.05, 4.69) is 52.2 Å². The summed E-state index contributed by atoms with van der Waals surface area (Å²) in [6.45, 7) is 14.8. The molecule has 0 bridgehead atoms. The van der Waals surface area contributed by atoms with Crippen LogP contribution in [-0.4, -0.2) is 0 Å². The Balaban J connectivity index is 2.02. The van der Waals surface area contributed by atoms with Crippen LogP contribution < -0.4 is 0 Å². The molecule has 0 heterocycles. The molecule has 0 saturated carbocycles. The maximum atomic E-state index is 4.14. The summed E-state index contributed by atoms with van der Waals surface area (Å²) in [6, 6.07) is 0. The van der Waals surface area contributed by atoms with Crippen LogP contribution in [0.3, 0.4) is 0 Å². The molecule has 0 N–H and O–H groups in total. The van der Waals surface area contributed by atoms with Crippen molar-refractivity contribution in [2.45, 2.75) is 65.7 Å². The van der Waals surface area contributed by atoms with Gasteiger partial charge in [0, 0.05) is 0 Å². The van der Waals surface area contributed by atoms with Crippen molar-refractivity contribution >= 4 is 0 Å². The van der Waals surface area contributed by atoms with Gasteiger partial charge in [0.05, 0.1) is 0 Å². The largest absolute Gasteiger partial charge is 0.100 e. The van der Waals surface area contributed by atoms with Crippen molar-refractivity contribution < 1.29 is 0 Å². The first kappa shape index (κ1) is 17.8. The Morgan fingerprint density at radius 1 is 1.22 bits per heavy atom.